The lowest BCUT2D eigenvalue weighted by atomic mass is 9.99. The number of halogens is 1. The molecule has 0 amide bonds. The molecule has 2 aromatic rings. The highest BCUT2D eigenvalue weighted by Gasteiger charge is 2.36. The fourth-order valence-corrected chi connectivity index (χ4v) is 3.23. The highest BCUT2D eigenvalue weighted by molar-refractivity contribution is 6.32. The maximum Gasteiger partial charge on any atom is 0.258 e. The zero-order valence-corrected chi connectivity index (χ0v) is 14.7. The second-order valence-electron chi connectivity index (χ2n) is 6.12. The Balaban J connectivity index is 1.92. The van der Waals surface area contributed by atoms with Crippen LogP contribution in [-0.2, 0) is 5.54 Å². The molecule has 7 heteroatoms. The number of nitrogens with two attached hydrogens (primary N) is 1. The first-order valence-electron chi connectivity index (χ1n) is 8.21. The summed E-state index contributed by atoms with van der Waals surface area (Å²) < 4.78 is 16.5. The minimum absolute atomic E-state index is 0.379. The lowest BCUT2D eigenvalue weighted by Gasteiger charge is -2.17. The Labute approximate surface area is 146 Å². The molecule has 0 unspecified atom stereocenters. The molecule has 1 fully saturated rings. The summed E-state index contributed by atoms with van der Waals surface area (Å²) in [6, 6.07) is 3.52. The molecule has 1 aromatic carbocycles. The largest absolute Gasteiger partial charge is 0.493 e. The zero-order chi connectivity index (χ0) is 17.2. The summed E-state index contributed by atoms with van der Waals surface area (Å²) >= 11 is 6.34. The Morgan fingerprint density at radius 1 is 1.33 bits per heavy atom. The number of benzene rings is 1. The topological polar surface area (TPSA) is 83.4 Å². The van der Waals surface area contributed by atoms with Gasteiger partial charge in [-0.15, -0.1) is 0 Å². The van der Waals surface area contributed by atoms with Gasteiger partial charge in [-0.2, -0.15) is 4.98 Å². The van der Waals surface area contributed by atoms with E-state index >= 15 is 0 Å². The molecule has 1 heterocycles. The van der Waals surface area contributed by atoms with Gasteiger partial charge in [0, 0.05) is 5.56 Å². The highest BCUT2D eigenvalue weighted by atomic mass is 35.5. The third kappa shape index (κ3) is 3.21. The number of aromatic nitrogens is 2. The van der Waals surface area contributed by atoms with Gasteiger partial charge in [0.2, 0.25) is 0 Å². The molecule has 24 heavy (non-hydrogen) atoms. The monoisotopic (exact) mass is 351 g/mol. The van der Waals surface area contributed by atoms with Crippen molar-refractivity contribution in [1.82, 2.24) is 10.1 Å². The Kier molecular flexibility index (Phi) is 4.96. The van der Waals surface area contributed by atoms with Gasteiger partial charge >= 0.3 is 0 Å². The molecule has 0 atom stereocenters. The molecule has 6 nitrogen and oxygen atoms in total. The summed E-state index contributed by atoms with van der Waals surface area (Å²) in [6.07, 6.45) is 4.81. The lowest BCUT2D eigenvalue weighted by molar-refractivity contribution is 0.294. The summed E-state index contributed by atoms with van der Waals surface area (Å²) in [5, 5.41) is 4.52. The van der Waals surface area contributed by atoms with Crippen molar-refractivity contribution in [2.45, 2.75) is 44.6 Å². The molecule has 0 bridgehead atoms. The van der Waals surface area contributed by atoms with Crippen LogP contribution in [0.1, 0.15) is 44.9 Å². The summed E-state index contributed by atoms with van der Waals surface area (Å²) in [6.45, 7) is 2.59. The van der Waals surface area contributed by atoms with Crippen LogP contribution in [0.15, 0.2) is 16.7 Å². The molecule has 1 aromatic heterocycles. The van der Waals surface area contributed by atoms with E-state index in [9.17, 15) is 0 Å². The maximum atomic E-state index is 6.38. The average Bonchev–Trinajstić information content (AvgIpc) is 3.23. The van der Waals surface area contributed by atoms with Gasteiger partial charge in [0.05, 0.1) is 24.3 Å². The van der Waals surface area contributed by atoms with Crippen LogP contribution in [0.4, 0.5) is 0 Å². The van der Waals surface area contributed by atoms with Gasteiger partial charge < -0.3 is 19.7 Å². The average molecular weight is 352 g/mol. The number of rotatable bonds is 6. The fourth-order valence-electron chi connectivity index (χ4n) is 2.96. The molecule has 0 aliphatic heterocycles. The first kappa shape index (κ1) is 17.0. The quantitative estimate of drug-likeness (QED) is 0.849. The van der Waals surface area contributed by atoms with Crippen molar-refractivity contribution in [3.05, 3.63) is 23.0 Å². The molecule has 0 spiro atoms. The van der Waals surface area contributed by atoms with Crippen molar-refractivity contribution in [3.63, 3.8) is 0 Å². The smallest absolute Gasteiger partial charge is 0.258 e. The van der Waals surface area contributed by atoms with Gasteiger partial charge in [-0.3, -0.25) is 0 Å². The van der Waals surface area contributed by atoms with Gasteiger partial charge in [0.1, 0.15) is 0 Å². The number of nitrogens with zero attached hydrogens (tertiary/aromatic N) is 2. The Bertz CT molecular complexity index is 711. The summed E-state index contributed by atoms with van der Waals surface area (Å²) in [5.74, 6) is 1.99. The van der Waals surface area contributed by atoms with Crippen LogP contribution < -0.4 is 15.2 Å². The van der Waals surface area contributed by atoms with E-state index in [-0.39, 0.29) is 0 Å². The molecule has 2 N–H and O–H groups in total. The summed E-state index contributed by atoms with van der Waals surface area (Å²) in [5.41, 5.74) is 6.58. The second kappa shape index (κ2) is 6.99. The standard InChI is InChI=1S/C17H22ClN3O3/c1-3-8-23-14-12(18)9-11(10-13(14)22-2)15-20-16(21-24-15)17(19)6-4-5-7-17/h9-10H,3-8,19H2,1-2H3. The number of hydrogen-bond donors (Lipinski definition) is 1. The minimum atomic E-state index is -0.486. The molecule has 1 aliphatic rings. The Morgan fingerprint density at radius 3 is 2.75 bits per heavy atom. The second-order valence-corrected chi connectivity index (χ2v) is 6.53. The molecular formula is C17H22ClN3O3. The van der Waals surface area contributed by atoms with Gasteiger partial charge in [-0.1, -0.05) is 36.5 Å². The summed E-state index contributed by atoms with van der Waals surface area (Å²) in [7, 11) is 1.57. The van der Waals surface area contributed by atoms with E-state index in [1.54, 1.807) is 19.2 Å². The van der Waals surface area contributed by atoms with Crippen LogP contribution in [0.3, 0.4) is 0 Å². The van der Waals surface area contributed by atoms with E-state index in [0.717, 1.165) is 32.1 Å². The van der Waals surface area contributed by atoms with E-state index in [1.165, 1.54) is 0 Å². The van der Waals surface area contributed by atoms with E-state index in [1.807, 2.05) is 6.92 Å². The van der Waals surface area contributed by atoms with Crippen molar-refractivity contribution < 1.29 is 14.0 Å². The fraction of sp³-hybridized carbons (Fsp3) is 0.529. The highest BCUT2D eigenvalue weighted by Crippen LogP contribution is 2.40. The predicted octanol–water partition coefficient (Wildman–Crippen LogP) is 3.92. The van der Waals surface area contributed by atoms with Crippen molar-refractivity contribution in [2.75, 3.05) is 13.7 Å². The van der Waals surface area contributed by atoms with Crippen LogP contribution in [0.2, 0.25) is 5.02 Å². The third-order valence-electron chi connectivity index (χ3n) is 4.29. The van der Waals surface area contributed by atoms with E-state index in [2.05, 4.69) is 10.1 Å². The SMILES string of the molecule is CCCOc1c(Cl)cc(-c2nc(C3(N)CCCC3)no2)cc1OC. The van der Waals surface area contributed by atoms with Crippen LogP contribution in [-0.4, -0.2) is 23.9 Å². The zero-order valence-electron chi connectivity index (χ0n) is 14.0. The van der Waals surface area contributed by atoms with Crippen LogP contribution >= 0.6 is 11.6 Å². The Hall–Kier alpha value is -1.79. The van der Waals surface area contributed by atoms with Gasteiger partial charge in [0.25, 0.3) is 5.89 Å². The molecule has 130 valence electrons. The van der Waals surface area contributed by atoms with Crippen molar-refractivity contribution in [3.8, 4) is 23.0 Å². The van der Waals surface area contributed by atoms with Crippen molar-refractivity contribution in [2.24, 2.45) is 5.73 Å². The van der Waals surface area contributed by atoms with E-state index in [4.69, 9.17) is 31.3 Å². The van der Waals surface area contributed by atoms with Gasteiger partial charge in [-0.25, -0.2) is 0 Å². The van der Waals surface area contributed by atoms with Crippen molar-refractivity contribution >= 4 is 11.6 Å². The van der Waals surface area contributed by atoms with Crippen LogP contribution in [0.25, 0.3) is 11.5 Å². The summed E-state index contributed by atoms with van der Waals surface area (Å²) in [4.78, 5) is 4.48. The van der Waals surface area contributed by atoms with Crippen LogP contribution in [0.5, 0.6) is 11.5 Å². The molecule has 1 aliphatic carbocycles. The molecule has 0 radical (unpaired) electrons. The Morgan fingerprint density at radius 2 is 2.08 bits per heavy atom. The first-order chi connectivity index (χ1) is 11.6. The molecule has 0 saturated heterocycles. The number of hydrogen-bond acceptors (Lipinski definition) is 6. The maximum absolute atomic E-state index is 6.38. The van der Waals surface area contributed by atoms with Crippen LogP contribution in [0, 0.1) is 0 Å². The van der Waals surface area contributed by atoms with Gasteiger partial charge in [-0.05, 0) is 31.4 Å². The molecule has 1 saturated carbocycles. The molecular weight excluding hydrogens is 330 g/mol. The first-order valence-corrected chi connectivity index (χ1v) is 8.59. The lowest BCUT2D eigenvalue weighted by Crippen LogP contribution is -2.34. The molecule has 3 rings (SSSR count). The minimum Gasteiger partial charge on any atom is -0.493 e. The van der Waals surface area contributed by atoms with Crippen molar-refractivity contribution in [1.29, 1.82) is 0 Å². The van der Waals surface area contributed by atoms with E-state index < -0.39 is 5.54 Å². The van der Waals surface area contributed by atoms with Gasteiger partial charge in [0.15, 0.2) is 17.3 Å². The third-order valence-corrected chi connectivity index (χ3v) is 4.57. The van der Waals surface area contributed by atoms with E-state index in [0.29, 0.717) is 40.4 Å². The number of ether oxygens (including phenoxy) is 2. The normalized spacial score (nSPS) is 16.3. The number of methoxy groups -OCH3 is 1. The predicted molar refractivity (Wildman–Crippen MR) is 91.4 cm³/mol.